The number of fused-ring (bicyclic) bond motifs is 1. The highest BCUT2D eigenvalue weighted by atomic mass is 127. The largest absolute Gasteiger partial charge is 0.356 e. The molecule has 3 aromatic rings. The number of benzene rings is 1. The first-order valence-electron chi connectivity index (χ1n) is 8.28. The third kappa shape index (κ3) is 5.17. The van der Waals surface area contributed by atoms with Gasteiger partial charge in [0.05, 0.1) is 12.2 Å². The smallest absolute Gasteiger partial charge is 0.191 e. The highest BCUT2D eigenvalue weighted by molar-refractivity contribution is 14.0. The Morgan fingerprint density at radius 3 is 2.73 bits per heavy atom. The molecule has 2 aromatic heterocycles. The van der Waals surface area contributed by atoms with Gasteiger partial charge in [-0.2, -0.15) is 0 Å². The fourth-order valence-electron chi connectivity index (χ4n) is 2.70. The zero-order valence-electron chi connectivity index (χ0n) is 14.9. The standard InChI is InChI=1S/C19H22FN5.HI/c1-14-5-3-8-18-24-17(13-25(14)18)12-23-19(21-2)22-10-9-15-6-4-7-16(20)11-15;/h3-8,11,13H,9-10,12H2,1-2H3,(H2,21,22,23);1H. The third-order valence-corrected chi connectivity index (χ3v) is 4.00. The Labute approximate surface area is 169 Å². The van der Waals surface area contributed by atoms with Crippen molar-refractivity contribution < 1.29 is 4.39 Å². The molecule has 0 aliphatic carbocycles. The summed E-state index contributed by atoms with van der Waals surface area (Å²) < 4.78 is 15.2. The van der Waals surface area contributed by atoms with E-state index in [1.807, 2.05) is 24.4 Å². The minimum absolute atomic E-state index is 0. The number of aliphatic imine (C=N–C) groups is 1. The molecule has 0 fully saturated rings. The van der Waals surface area contributed by atoms with Gasteiger partial charge in [0.1, 0.15) is 11.5 Å². The molecule has 0 radical (unpaired) electrons. The van der Waals surface area contributed by atoms with Gasteiger partial charge in [-0.3, -0.25) is 4.99 Å². The average molecular weight is 467 g/mol. The van der Waals surface area contributed by atoms with E-state index in [1.54, 1.807) is 19.2 Å². The predicted molar refractivity (Wildman–Crippen MR) is 114 cm³/mol. The Bertz CT molecular complexity index is 891. The van der Waals surface area contributed by atoms with Crippen LogP contribution in [-0.2, 0) is 13.0 Å². The van der Waals surface area contributed by atoms with E-state index >= 15 is 0 Å². The molecule has 138 valence electrons. The van der Waals surface area contributed by atoms with Crippen molar-refractivity contribution in [2.45, 2.75) is 19.9 Å². The van der Waals surface area contributed by atoms with Gasteiger partial charge in [0.2, 0.25) is 0 Å². The lowest BCUT2D eigenvalue weighted by Gasteiger charge is -2.11. The lowest BCUT2D eigenvalue weighted by atomic mass is 10.1. The van der Waals surface area contributed by atoms with Crippen LogP contribution in [0.5, 0.6) is 0 Å². The number of nitrogens with one attached hydrogen (secondary N) is 2. The van der Waals surface area contributed by atoms with Gasteiger partial charge in [0, 0.05) is 25.5 Å². The van der Waals surface area contributed by atoms with Crippen molar-refractivity contribution >= 4 is 35.6 Å². The number of hydrogen-bond donors (Lipinski definition) is 2. The molecule has 0 unspecified atom stereocenters. The highest BCUT2D eigenvalue weighted by Crippen LogP contribution is 2.08. The molecule has 0 aliphatic heterocycles. The van der Waals surface area contributed by atoms with Crippen molar-refractivity contribution in [1.29, 1.82) is 0 Å². The third-order valence-electron chi connectivity index (χ3n) is 4.00. The molecule has 1 aromatic carbocycles. The Morgan fingerprint density at radius 2 is 2.00 bits per heavy atom. The number of imidazole rings is 1. The molecule has 0 atom stereocenters. The molecule has 5 nitrogen and oxygen atoms in total. The fraction of sp³-hybridized carbons (Fsp3) is 0.263. The number of guanidine groups is 1. The predicted octanol–water partition coefficient (Wildman–Crippen LogP) is 3.31. The molecular formula is C19H23FIN5. The van der Waals surface area contributed by atoms with Crippen LogP contribution in [0.4, 0.5) is 4.39 Å². The van der Waals surface area contributed by atoms with E-state index in [-0.39, 0.29) is 29.8 Å². The fourth-order valence-corrected chi connectivity index (χ4v) is 2.70. The van der Waals surface area contributed by atoms with Crippen LogP contribution in [0, 0.1) is 12.7 Å². The summed E-state index contributed by atoms with van der Waals surface area (Å²) in [7, 11) is 1.73. The average Bonchev–Trinajstić information content (AvgIpc) is 3.02. The van der Waals surface area contributed by atoms with Gasteiger partial charge in [-0.15, -0.1) is 24.0 Å². The Hall–Kier alpha value is -2.16. The van der Waals surface area contributed by atoms with Crippen molar-refractivity contribution in [2.75, 3.05) is 13.6 Å². The molecule has 0 bridgehead atoms. The maximum atomic E-state index is 13.2. The summed E-state index contributed by atoms with van der Waals surface area (Å²) in [6, 6.07) is 12.7. The van der Waals surface area contributed by atoms with Crippen molar-refractivity contribution in [1.82, 2.24) is 20.0 Å². The van der Waals surface area contributed by atoms with E-state index in [1.165, 1.54) is 6.07 Å². The van der Waals surface area contributed by atoms with E-state index in [0.29, 0.717) is 19.0 Å². The van der Waals surface area contributed by atoms with Crippen LogP contribution in [0.25, 0.3) is 5.65 Å². The minimum Gasteiger partial charge on any atom is -0.356 e. The molecule has 0 saturated heterocycles. The molecule has 0 aliphatic rings. The molecule has 7 heteroatoms. The maximum Gasteiger partial charge on any atom is 0.191 e. The summed E-state index contributed by atoms with van der Waals surface area (Å²) in [6.45, 7) is 3.31. The second-order valence-electron chi connectivity index (χ2n) is 5.86. The van der Waals surface area contributed by atoms with E-state index in [9.17, 15) is 4.39 Å². The maximum absolute atomic E-state index is 13.2. The molecule has 0 saturated carbocycles. The second-order valence-corrected chi connectivity index (χ2v) is 5.86. The number of hydrogen-bond acceptors (Lipinski definition) is 2. The number of halogens is 2. The second kappa shape index (κ2) is 9.51. The summed E-state index contributed by atoms with van der Waals surface area (Å²) in [4.78, 5) is 8.80. The van der Waals surface area contributed by atoms with Crippen molar-refractivity contribution in [3.05, 3.63) is 71.4 Å². The summed E-state index contributed by atoms with van der Waals surface area (Å²) in [5.74, 6) is 0.493. The van der Waals surface area contributed by atoms with Gasteiger partial charge < -0.3 is 15.0 Å². The SMILES string of the molecule is CN=C(NCCc1cccc(F)c1)NCc1cn2c(C)cccc2n1.I. The monoisotopic (exact) mass is 467 g/mol. The minimum atomic E-state index is -0.206. The van der Waals surface area contributed by atoms with Crippen LogP contribution in [-0.4, -0.2) is 28.9 Å². The van der Waals surface area contributed by atoms with Gasteiger partial charge in [0.15, 0.2) is 5.96 Å². The van der Waals surface area contributed by atoms with E-state index in [2.05, 4.69) is 38.0 Å². The first-order chi connectivity index (χ1) is 12.2. The van der Waals surface area contributed by atoms with Crippen LogP contribution in [0.1, 0.15) is 17.0 Å². The van der Waals surface area contributed by atoms with Crippen molar-refractivity contribution in [3.8, 4) is 0 Å². The number of pyridine rings is 1. The summed E-state index contributed by atoms with van der Waals surface area (Å²) in [5.41, 5.74) is 3.99. The van der Waals surface area contributed by atoms with Crippen LogP contribution >= 0.6 is 24.0 Å². The van der Waals surface area contributed by atoms with Crippen molar-refractivity contribution in [2.24, 2.45) is 4.99 Å². The zero-order chi connectivity index (χ0) is 17.6. The van der Waals surface area contributed by atoms with Gasteiger partial charge in [-0.05, 0) is 43.2 Å². The number of aryl methyl sites for hydroxylation is 1. The quantitative estimate of drug-likeness (QED) is 0.344. The first kappa shape index (κ1) is 20.2. The van der Waals surface area contributed by atoms with E-state index in [0.717, 1.165) is 29.0 Å². The molecule has 2 heterocycles. The highest BCUT2D eigenvalue weighted by Gasteiger charge is 2.04. The topological polar surface area (TPSA) is 53.7 Å². The van der Waals surface area contributed by atoms with Gasteiger partial charge in [-0.25, -0.2) is 9.37 Å². The Kier molecular flexibility index (Phi) is 7.38. The van der Waals surface area contributed by atoms with Gasteiger partial charge >= 0.3 is 0 Å². The molecular weight excluding hydrogens is 444 g/mol. The van der Waals surface area contributed by atoms with E-state index in [4.69, 9.17) is 0 Å². The summed E-state index contributed by atoms with van der Waals surface area (Å²) in [5, 5.41) is 6.49. The number of rotatable bonds is 5. The van der Waals surface area contributed by atoms with Crippen LogP contribution in [0.15, 0.2) is 53.7 Å². The lowest BCUT2D eigenvalue weighted by Crippen LogP contribution is -2.37. The first-order valence-corrected chi connectivity index (χ1v) is 8.28. The van der Waals surface area contributed by atoms with Crippen molar-refractivity contribution in [3.63, 3.8) is 0 Å². The van der Waals surface area contributed by atoms with Crippen LogP contribution in [0.2, 0.25) is 0 Å². The van der Waals surface area contributed by atoms with Crippen LogP contribution in [0.3, 0.4) is 0 Å². The van der Waals surface area contributed by atoms with Crippen LogP contribution < -0.4 is 10.6 Å². The summed E-state index contributed by atoms with van der Waals surface area (Å²) >= 11 is 0. The normalized spacial score (nSPS) is 11.3. The number of nitrogens with zero attached hydrogens (tertiary/aromatic N) is 3. The Balaban J connectivity index is 0.00000243. The van der Waals surface area contributed by atoms with Gasteiger partial charge in [-0.1, -0.05) is 18.2 Å². The summed E-state index contributed by atoms with van der Waals surface area (Å²) in [6.07, 6.45) is 2.75. The molecule has 2 N–H and O–H groups in total. The molecule has 0 spiro atoms. The molecule has 0 amide bonds. The zero-order valence-corrected chi connectivity index (χ0v) is 17.2. The Morgan fingerprint density at radius 1 is 1.19 bits per heavy atom. The molecule has 3 rings (SSSR count). The lowest BCUT2D eigenvalue weighted by molar-refractivity contribution is 0.625. The van der Waals surface area contributed by atoms with E-state index < -0.39 is 0 Å². The van der Waals surface area contributed by atoms with Gasteiger partial charge in [0.25, 0.3) is 0 Å². The molecule has 26 heavy (non-hydrogen) atoms. The number of aromatic nitrogens is 2.